The number of aromatic nitrogens is 3. The first kappa shape index (κ1) is 14.2. The first-order valence-corrected chi connectivity index (χ1v) is 6.76. The van der Waals surface area contributed by atoms with Crippen LogP contribution in [0.5, 0.6) is 0 Å². The van der Waals surface area contributed by atoms with Crippen molar-refractivity contribution in [2.24, 2.45) is 7.05 Å². The van der Waals surface area contributed by atoms with Crippen LogP contribution < -0.4 is 5.32 Å². The second-order valence-electron chi connectivity index (χ2n) is 4.36. The Morgan fingerprint density at radius 3 is 2.75 bits per heavy atom. The maximum absolute atomic E-state index is 12.2. The summed E-state index contributed by atoms with van der Waals surface area (Å²) in [6.45, 7) is 3.67. The minimum atomic E-state index is -1.18. The molecule has 2 N–H and O–H groups in total. The van der Waals surface area contributed by atoms with E-state index in [4.69, 9.17) is 5.11 Å². The lowest BCUT2D eigenvalue weighted by atomic mass is 10.2. The molecule has 2 rings (SSSR count). The fraction of sp³-hybridized carbons (Fsp3) is 0.333. The number of carboxylic acid groups (broad SMARTS) is 1. The molecule has 0 radical (unpaired) electrons. The first-order valence-electron chi connectivity index (χ1n) is 5.88. The average Bonchev–Trinajstić information content (AvgIpc) is 2.95. The SMILES string of the molecule is Cc1csc(C(C)NC(=O)c2c(C(=O)O)cnn2C)n1. The van der Waals surface area contributed by atoms with E-state index >= 15 is 0 Å². The van der Waals surface area contributed by atoms with Crippen LogP contribution in [0.15, 0.2) is 11.6 Å². The van der Waals surface area contributed by atoms with E-state index in [-0.39, 0.29) is 17.3 Å². The summed E-state index contributed by atoms with van der Waals surface area (Å²) >= 11 is 1.45. The smallest absolute Gasteiger partial charge is 0.339 e. The molecule has 1 amide bonds. The van der Waals surface area contributed by atoms with Gasteiger partial charge in [0.2, 0.25) is 0 Å². The highest BCUT2D eigenvalue weighted by Gasteiger charge is 2.23. The van der Waals surface area contributed by atoms with E-state index in [1.807, 2.05) is 12.3 Å². The van der Waals surface area contributed by atoms with E-state index in [0.717, 1.165) is 16.9 Å². The molecular formula is C12H14N4O3S. The number of aryl methyl sites for hydroxylation is 2. The Labute approximate surface area is 119 Å². The van der Waals surface area contributed by atoms with Crippen molar-refractivity contribution < 1.29 is 14.7 Å². The van der Waals surface area contributed by atoms with E-state index in [1.165, 1.54) is 23.1 Å². The van der Waals surface area contributed by atoms with Gasteiger partial charge in [-0.05, 0) is 13.8 Å². The first-order chi connectivity index (χ1) is 9.40. The van der Waals surface area contributed by atoms with Crippen LogP contribution in [0.2, 0.25) is 0 Å². The lowest BCUT2D eigenvalue weighted by Gasteiger charge is -2.11. The summed E-state index contributed by atoms with van der Waals surface area (Å²) in [6, 6.07) is -0.294. The number of amides is 1. The second-order valence-corrected chi connectivity index (χ2v) is 5.25. The topological polar surface area (TPSA) is 97.1 Å². The predicted molar refractivity (Wildman–Crippen MR) is 72.9 cm³/mol. The zero-order valence-corrected chi connectivity index (χ0v) is 12.1. The maximum atomic E-state index is 12.2. The highest BCUT2D eigenvalue weighted by atomic mass is 32.1. The van der Waals surface area contributed by atoms with E-state index in [0.29, 0.717) is 0 Å². The van der Waals surface area contributed by atoms with Crippen LogP contribution in [0.3, 0.4) is 0 Å². The Balaban J connectivity index is 2.20. The molecule has 0 bridgehead atoms. The Morgan fingerprint density at radius 1 is 1.50 bits per heavy atom. The predicted octanol–water partition coefficient (Wildman–Crippen LogP) is 1.37. The van der Waals surface area contributed by atoms with Crippen LogP contribution in [0.1, 0.15) is 44.5 Å². The van der Waals surface area contributed by atoms with Crippen molar-refractivity contribution in [2.45, 2.75) is 19.9 Å². The molecule has 2 heterocycles. The van der Waals surface area contributed by atoms with Crippen molar-refractivity contribution in [2.75, 3.05) is 0 Å². The van der Waals surface area contributed by atoms with Crippen LogP contribution in [-0.2, 0) is 7.05 Å². The molecule has 1 atom stereocenters. The molecule has 106 valence electrons. The molecule has 0 saturated heterocycles. The highest BCUT2D eigenvalue weighted by molar-refractivity contribution is 7.09. The monoisotopic (exact) mass is 294 g/mol. The second kappa shape index (κ2) is 5.41. The summed E-state index contributed by atoms with van der Waals surface area (Å²) < 4.78 is 1.25. The van der Waals surface area contributed by atoms with E-state index in [9.17, 15) is 9.59 Å². The molecule has 8 heteroatoms. The van der Waals surface area contributed by atoms with Gasteiger partial charge in [-0.3, -0.25) is 9.48 Å². The normalized spacial score (nSPS) is 12.2. The van der Waals surface area contributed by atoms with Gasteiger partial charge in [-0.15, -0.1) is 11.3 Å². The number of nitrogens with zero attached hydrogens (tertiary/aromatic N) is 3. The van der Waals surface area contributed by atoms with Crippen LogP contribution in [-0.4, -0.2) is 31.7 Å². The minimum absolute atomic E-state index is 0.0256. The van der Waals surface area contributed by atoms with Crippen molar-refractivity contribution >= 4 is 23.2 Å². The molecule has 20 heavy (non-hydrogen) atoms. The number of nitrogens with one attached hydrogen (secondary N) is 1. The summed E-state index contributed by atoms with van der Waals surface area (Å²) in [5.41, 5.74) is 0.794. The Morgan fingerprint density at radius 2 is 2.20 bits per heavy atom. The number of carbonyl (C=O) groups excluding carboxylic acids is 1. The molecule has 0 aliphatic carbocycles. The van der Waals surface area contributed by atoms with Crippen LogP contribution in [0, 0.1) is 6.92 Å². The fourth-order valence-corrected chi connectivity index (χ4v) is 2.56. The van der Waals surface area contributed by atoms with Gasteiger partial charge in [0.15, 0.2) is 0 Å². The molecule has 2 aromatic rings. The maximum Gasteiger partial charge on any atom is 0.339 e. The van der Waals surface area contributed by atoms with Gasteiger partial charge in [-0.25, -0.2) is 9.78 Å². The molecule has 0 aliphatic heterocycles. The van der Waals surface area contributed by atoms with Crippen molar-refractivity contribution in [3.63, 3.8) is 0 Å². The van der Waals surface area contributed by atoms with E-state index in [1.54, 1.807) is 6.92 Å². The Hall–Kier alpha value is -2.22. The fourth-order valence-electron chi connectivity index (χ4n) is 1.76. The van der Waals surface area contributed by atoms with Gasteiger partial charge < -0.3 is 10.4 Å². The zero-order chi connectivity index (χ0) is 14.9. The third-order valence-corrected chi connectivity index (χ3v) is 3.88. The number of carbonyl (C=O) groups is 2. The largest absolute Gasteiger partial charge is 0.478 e. The third-order valence-electron chi connectivity index (χ3n) is 2.74. The summed E-state index contributed by atoms with van der Waals surface area (Å²) in [4.78, 5) is 27.5. The third kappa shape index (κ3) is 2.69. The number of carboxylic acids is 1. The lowest BCUT2D eigenvalue weighted by molar-refractivity contribution is 0.0690. The lowest BCUT2D eigenvalue weighted by Crippen LogP contribution is -2.29. The number of hydrogen-bond acceptors (Lipinski definition) is 5. The summed E-state index contributed by atoms with van der Waals surface area (Å²) in [5, 5.41) is 18.2. The van der Waals surface area contributed by atoms with Gasteiger partial charge in [-0.1, -0.05) is 0 Å². The number of thiazole rings is 1. The molecule has 0 fully saturated rings. The Bertz CT molecular complexity index is 661. The minimum Gasteiger partial charge on any atom is -0.478 e. The van der Waals surface area contributed by atoms with Gasteiger partial charge in [0.05, 0.1) is 12.2 Å². The standard InChI is InChI=1S/C12H14N4O3S/c1-6-5-20-11(14-6)7(2)15-10(17)9-8(12(18)19)4-13-16(9)3/h4-5,7H,1-3H3,(H,15,17)(H,18,19). The van der Waals surface area contributed by atoms with Crippen molar-refractivity contribution in [1.82, 2.24) is 20.1 Å². The molecular weight excluding hydrogens is 280 g/mol. The van der Waals surface area contributed by atoms with Crippen molar-refractivity contribution in [3.05, 3.63) is 33.5 Å². The van der Waals surface area contributed by atoms with Gasteiger partial charge in [0.1, 0.15) is 16.3 Å². The molecule has 0 aromatic carbocycles. The molecule has 0 spiro atoms. The number of aromatic carboxylic acids is 1. The van der Waals surface area contributed by atoms with Gasteiger partial charge in [-0.2, -0.15) is 5.10 Å². The summed E-state index contributed by atoms with van der Waals surface area (Å²) in [5.74, 6) is -1.66. The molecule has 2 aromatic heterocycles. The van der Waals surface area contributed by atoms with E-state index in [2.05, 4.69) is 15.4 Å². The van der Waals surface area contributed by atoms with Crippen molar-refractivity contribution in [3.8, 4) is 0 Å². The summed E-state index contributed by atoms with van der Waals surface area (Å²) in [7, 11) is 1.53. The average molecular weight is 294 g/mol. The zero-order valence-electron chi connectivity index (χ0n) is 11.2. The van der Waals surface area contributed by atoms with Gasteiger partial charge in [0, 0.05) is 18.1 Å². The Kier molecular flexibility index (Phi) is 3.84. The van der Waals surface area contributed by atoms with Gasteiger partial charge >= 0.3 is 5.97 Å². The number of hydrogen-bond donors (Lipinski definition) is 2. The number of rotatable bonds is 4. The molecule has 1 unspecified atom stereocenters. The molecule has 0 saturated carbocycles. The van der Waals surface area contributed by atoms with E-state index < -0.39 is 11.9 Å². The van der Waals surface area contributed by atoms with Crippen LogP contribution in [0.25, 0.3) is 0 Å². The highest BCUT2D eigenvalue weighted by Crippen LogP contribution is 2.18. The quantitative estimate of drug-likeness (QED) is 0.887. The molecule has 7 nitrogen and oxygen atoms in total. The van der Waals surface area contributed by atoms with Crippen LogP contribution >= 0.6 is 11.3 Å². The summed E-state index contributed by atoms with van der Waals surface area (Å²) in [6.07, 6.45) is 1.16. The van der Waals surface area contributed by atoms with Gasteiger partial charge in [0.25, 0.3) is 5.91 Å². The molecule has 0 aliphatic rings. The van der Waals surface area contributed by atoms with Crippen molar-refractivity contribution in [1.29, 1.82) is 0 Å². The van der Waals surface area contributed by atoms with Crippen LogP contribution in [0.4, 0.5) is 0 Å².